The van der Waals surface area contributed by atoms with Crippen LogP contribution in [0.3, 0.4) is 0 Å². The fourth-order valence-corrected chi connectivity index (χ4v) is 0. The minimum Gasteiger partial charge on any atom is -0.672 e. The molecule has 0 radical (unpaired) electrons. The van der Waals surface area contributed by atoms with Crippen molar-refractivity contribution in [2.45, 2.75) is 0 Å². The smallest absolute Gasteiger partial charge is 0.672 e. The van der Waals surface area contributed by atoms with Crippen molar-refractivity contribution in [2.75, 3.05) is 0 Å². The van der Waals surface area contributed by atoms with Crippen molar-refractivity contribution in [3.05, 3.63) is 0 Å². The van der Waals surface area contributed by atoms with Crippen LogP contribution < -0.4 is 68.7 Å². The molecule has 0 aliphatic carbocycles. The first-order valence-electron chi connectivity index (χ1n) is 0.612. The first kappa shape index (κ1) is 107. The van der Waals surface area contributed by atoms with Gasteiger partial charge < -0.3 is 46.9 Å². The first-order chi connectivity index (χ1) is 1.73. The molecule has 0 atom stereocenters. The van der Waals surface area contributed by atoms with E-state index < -0.39 is 9.17 Å². The van der Waals surface area contributed by atoms with Crippen LogP contribution >= 0.6 is 0 Å². The molecule has 0 aromatic carbocycles. The average Bonchev–Trinajstić information content (AvgIpc) is 0.811. The van der Waals surface area contributed by atoms with Crippen LogP contribution in [0, 0.1) is 0 Å². The van der Waals surface area contributed by atoms with Gasteiger partial charge in [-0.3, -0.25) is 0 Å². The van der Waals surface area contributed by atoms with Crippen molar-refractivity contribution < 1.29 is 106 Å². The molecule has 0 amide bonds. The standard InChI is InChI=1S/2Na.O3Si.6H2O/c;;1-4(2)3;;;;;;/h;;;6*1H2/q2*+1;-2;;;;;;. The zero-order chi connectivity index (χ0) is 3.58. The molecule has 12 heavy (non-hydrogen) atoms. The topological polar surface area (TPSA) is 252 Å². The molecular weight excluding hydrogens is 218 g/mol. The van der Waals surface area contributed by atoms with Crippen LogP contribution in [-0.4, -0.2) is 42.0 Å². The summed E-state index contributed by atoms with van der Waals surface area (Å²) in [5.74, 6) is 0. The van der Waals surface area contributed by atoms with E-state index in [0.29, 0.717) is 0 Å². The third-order valence-electron chi connectivity index (χ3n) is 0. The molecule has 12 N–H and O–H groups in total. The summed E-state index contributed by atoms with van der Waals surface area (Å²) in [5.41, 5.74) is 0. The van der Waals surface area contributed by atoms with E-state index in [1.165, 1.54) is 0 Å². The van der Waals surface area contributed by atoms with Crippen LogP contribution in [0.25, 0.3) is 0 Å². The molecule has 12 heteroatoms. The Balaban J connectivity index is -0.00000000161. The van der Waals surface area contributed by atoms with Gasteiger partial charge in [-0.25, -0.2) is 0 Å². The van der Waals surface area contributed by atoms with E-state index in [1.807, 2.05) is 0 Å². The summed E-state index contributed by atoms with van der Waals surface area (Å²) in [6.07, 6.45) is 0. The molecule has 0 rings (SSSR count). The van der Waals surface area contributed by atoms with E-state index in [1.54, 1.807) is 0 Å². The van der Waals surface area contributed by atoms with E-state index in [0.717, 1.165) is 0 Å². The molecule has 0 bridgehead atoms. The summed E-state index contributed by atoms with van der Waals surface area (Å²) in [5, 5.41) is 0. The Morgan fingerprint density at radius 3 is 0.667 bits per heavy atom. The maximum Gasteiger partial charge on any atom is 1.00 e. The fourth-order valence-electron chi connectivity index (χ4n) is 0. The van der Waals surface area contributed by atoms with Gasteiger partial charge in [0, 0.05) is 9.17 Å². The largest absolute Gasteiger partial charge is 1.00 e. The zero-order valence-electron chi connectivity index (χ0n) is 6.72. The number of hydrogen-bond donors (Lipinski definition) is 0. The molecule has 0 spiro atoms. The minimum absolute atomic E-state index is 0. The second-order valence-corrected chi connectivity index (χ2v) is 0.750. The molecule has 9 nitrogen and oxygen atoms in total. The van der Waals surface area contributed by atoms with Crippen molar-refractivity contribution in [3.8, 4) is 0 Å². The SMILES string of the molecule is O.O.O.O.O.O.O=[Si]([O-])[O-].[Na+].[Na+]. The summed E-state index contributed by atoms with van der Waals surface area (Å²) < 4.78 is 8.52. The fraction of sp³-hybridized carbons (Fsp3) is 0. The van der Waals surface area contributed by atoms with Crippen LogP contribution in [0.4, 0.5) is 0 Å². The zero-order valence-corrected chi connectivity index (χ0v) is 11.7. The Morgan fingerprint density at radius 2 is 0.667 bits per heavy atom. The van der Waals surface area contributed by atoms with Crippen molar-refractivity contribution in [1.29, 1.82) is 0 Å². The van der Waals surface area contributed by atoms with Gasteiger partial charge in [-0.05, 0) is 0 Å². The Bertz CT molecular complexity index is 35.5. The van der Waals surface area contributed by atoms with Crippen LogP contribution in [0.15, 0.2) is 0 Å². The van der Waals surface area contributed by atoms with Gasteiger partial charge in [0.2, 0.25) is 0 Å². The second-order valence-electron chi connectivity index (χ2n) is 0.250. The second kappa shape index (κ2) is 83.6. The van der Waals surface area contributed by atoms with Crippen molar-refractivity contribution in [1.82, 2.24) is 0 Å². The van der Waals surface area contributed by atoms with Gasteiger partial charge in [-0.1, -0.05) is 0 Å². The molecule has 0 saturated heterocycles. The van der Waals surface area contributed by atoms with Crippen LogP contribution in [0.1, 0.15) is 0 Å². The summed E-state index contributed by atoms with van der Waals surface area (Å²) in [6.45, 7) is 0. The molecule has 0 aliphatic rings. The molecule has 0 aliphatic heterocycles. The van der Waals surface area contributed by atoms with Crippen molar-refractivity contribution >= 4 is 9.17 Å². The van der Waals surface area contributed by atoms with Gasteiger partial charge in [-0.2, -0.15) is 0 Å². The minimum atomic E-state index is -3.63. The summed E-state index contributed by atoms with van der Waals surface area (Å²) in [7, 11) is -3.63. The van der Waals surface area contributed by atoms with E-state index in [4.69, 9.17) is 14.1 Å². The number of hydrogen-bond acceptors (Lipinski definition) is 3. The van der Waals surface area contributed by atoms with Gasteiger partial charge in [-0.15, -0.1) is 0 Å². The Labute approximate surface area is 114 Å². The third kappa shape index (κ3) is 646. The quantitative estimate of drug-likeness (QED) is 0.367. The molecule has 0 aromatic heterocycles. The normalized spacial score (nSPS) is 2.00. The molecule has 0 saturated carbocycles. The summed E-state index contributed by atoms with van der Waals surface area (Å²) >= 11 is 0. The third-order valence-corrected chi connectivity index (χ3v) is 0. The molecule has 0 aromatic rings. The van der Waals surface area contributed by atoms with Gasteiger partial charge in [0.25, 0.3) is 0 Å². The van der Waals surface area contributed by atoms with Gasteiger partial charge in [0.1, 0.15) is 0 Å². The maximum absolute atomic E-state index is 8.52. The first-order valence-corrected chi connectivity index (χ1v) is 1.84. The average molecular weight is 230 g/mol. The molecule has 0 unspecified atom stereocenters. The maximum atomic E-state index is 8.52. The molecular formula is H12Na2O9Si. The van der Waals surface area contributed by atoms with Gasteiger partial charge in [0.15, 0.2) is 0 Å². The van der Waals surface area contributed by atoms with E-state index in [2.05, 4.69) is 0 Å². The summed E-state index contributed by atoms with van der Waals surface area (Å²) in [4.78, 5) is 17.0. The Kier molecular flexibility index (Phi) is 745. The summed E-state index contributed by atoms with van der Waals surface area (Å²) in [6, 6.07) is 0. The molecule has 0 heterocycles. The monoisotopic (exact) mass is 230 g/mol. The number of rotatable bonds is 0. The van der Waals surface area contributed by atoms with E-state index in [-0.39, 0.29) is 92.0 Å². The molecule has 72 valence electrons. The van der Waals surface area contributed by atoms with Crippen LogP contribution in [0.5, 0.6) is 0 Å². The van der Waals surface area contributed by atoms with Crippen molar-refractivity contribution in [3.63, 3.8) is 0 Å². The van der Waals surface area contributed by atoms with Crippen LogP contribution in [0.2, 0.25) is 0 Å². The predicted octanol–water partition coefficient (Wildman–Crippen LogP) is -13.8. The van der Waals surface area contributed by atoms with Crippen LogP contribution in [-0.2, 0) is 4.46 Å². The Hall–Kier alpha value is 1.38. The van der Waals surface area contributed by atoms with E-state index in [9.17, 15) is 0 Å². The Morgan fingerprint density at radius 1 is 0.667 bits per heavy atom. The molecule has 0 fully saturated rings. The van der Waals surface area contributed by atoms with Crippen molar-refractivity contribution in [2.24, 2.45) is 0 Å². The predicted molar refractivity (Wildman–Crippen MR) is 28.1 cm³/mol. The van der Waals surface area contributed by atoms with Gasteiger partial charge in [0.05, 0.1) is 0 Å². The van der Waals surface area contributed by atoms with Gasteiger partial charge >= 0.3 is 59.1 Å². The van der Waals surface area contributed by atoms with E-state index >= 15 is 0 Å².